The molecule has 0 bridgehead atoms. The lowest BCUT2D eigenvalue weighted by atomic mass is 9.89. The van der Waals surface area contributed by atoms with Crippen LogP contribution in [-0.4, -0.2) is 40.5 Å². The molecule has 0 saturated carbocycles. The van der Waals surface area contributed by atoms with E-state index in [2.05, 4.69) is 56.7 Å². The first-order valence-electron chi connectivity index (χ1n) is 10.8. The highest BCUT2D eigenvalue weighted by Crippen LogP contribution is 2.33. The highest BCUT2D eigenvalue weighted by Gasteiger charge is 2.27. The molecule has 146 valence electrons. The second kappa shape index (κ2) is 8.06. The molecule has 2 aliphatic heterocycles. The smallest absolute Gasteiger partial charge is 0.0456 e. The maximum atomic E-state index is 4.27. The number of aromatic amines is 1. The lowest BCUT2D eigenvalue weighted by Crippen LogP contribution is -2.36. The standard InChI is InChI=1S/C24H30N4/c1-2-6-24-21(5-1)22(17-26-24)18-9-13-28(14-10-18)15-11-20-7-8-23(27-20)19-4-3-12-25-16-19/h1-6,12,16-18,20,23,26-27H,7-11,13-15H2/t20-,23+/m0/s1. The lowest BCUT2D eigenvalue weighted by molar-refractivity contribution is 0.204. The number of piperidine rings is 1. The Hall–Kier alpha value is -2.17. The molecule has 4 heterocycles. The number of aromatic nitrogens is 2. The Kier molecular flexibility index (Phi) is 5.15. The molecule has 1 aromatic carbocycles. The summed E-state index contributed by atoms with van der Waals surface area (Å²) in [5.74, 6) is 0.701. The zero-order valence-corrected chi connectivity index (χ0v) is 16.5. The minimum atomic E-state index is 0.492. The first-order valence-corrected chi connectivity index (χ1v) is 10.8. The van der Waals surface area contributed by atoms with Crippen LogP contribution in [0.15, 0.2) is 55.0 Å². The first kappa shape index (κ1) is 17.9. The van der Waals surface area contributed by atoms with Gasteiger partial charge in [-0.1, -0.05) is 24.3 Å². The van der Waals surface area contributed by atoms with Gasteiger partial charge in [0.25, 0.3) is 0 Å². The molecular weight excluding hydrogens is 344 g/mol. The molecule has 0 aliphatic carbocycles. The number of hydrogen-bond donors (Lipinski definition) is 2. The van der Waals surface area contributed by atoms with Gasteiger partial charge in [-0.25, -0.2) is 0 Å². The van der Waals surface area contributed by atoms with E-state index in [9.17, 15) is 0 Å². The number of likely N-dealkylation sites (tertiary alicyclic amines) is 1. The normalized spacial score (nSPS) is 24.1. The van der Waals surface area contributed by atoms with Gasteiger partial charge in [0.05, 0.1) is 0 Å². The monoisotopic (exact) mass is 374 g/mol. The second-order valence-corrected chi connectivity index (χ2v) is 8.47. The van der Waals surface area contributed by atoms with Crippen LogP contribution >= 0.6 is 0 Å². The van der Waals surface area contributed by atoms with E-state index in [1.165, 1.54) is 73.8 Å². The van der Waals surface area contributed by atoms with Crippen molar-refractivity contribution in [2.24, 2.45) is 0 Å². The summed E-state index contributed by atoms with van der Waals surface area (Å²) < 4.78 is 0. The van der Waals surface area contributed by atoms with Gasteiger partial charge in [-0.05, 0) is 80.9 Å². The maximum absolute atomic E-state index is 4.27. The van der Waals surface area contributed by atoms with Crippen LogP contribution < -0.4 is 5.32 Å². The van der Waals surface area contributed by atoms with Gasteiger partial charge in [0.15, 0.2) is 0 Å². The third-order valence-corrected chi connectivity index (χ3v) is 6.77. The van der Waals surface area contributed by atoms with Crippen LogP contribution in [0.1, 0.15) is 55.2 Å². The summed E-state index contributed by atoms with van der Waals surface area (Å²) in [5, 5.41) is 5.24. The van der Waals surface area contributed by atoms with Gasteiger partial charge in [0, 0.05) is 41.6 Å². The molecule has 4 heteroatoms. The van der Waals surface area contributed by atoms with Crippen molar-refractivity contribution in [3.8, 4) is 0 Å². The first-order chi connectivity index (χ1) is 13.9. The number of pyridine rings is 1. The van der Waals surface area contributed by atoms with Crippen LogP contribution in [0, 0.1) is 0 Å². The summed E-state index contributed by atoms with van der Waals surface area (Å²) in [6.45, 7) is 3.67. The molecule has 28 heavy (non-hydrogen) atoms. The van der Waals surface area contributed by atoms with Gasteiger partial charge in [0.1, 0.15) is 0 Å². The quantitative estimate of drug-likeness (QED) is 0.684. The fraction of sp³-hybridized carbons (Fsp3) is 0.458. The summed E-state index contributed by atoms with van der Waals surface area (Å²) >= 11 is 0. The molecular formula is C24H30N4. The Balaban J connectivity index is 1.10. The third kappa shape index (κ3) is 3.71. The number of H-pyrrole nitrogens is 1. The van der Waals surface area contributed by atoms with E-state index in [4.69, 9.17) is 0 Å². The van der Waals surface area contributed by atoms with Crippen molar-refractivity contribution < 1.29 is 0 Å². The van der Waals surface area contributed by atoms with Crippen molar-refractivity contribution >= 4 is 10.9 Å². The van der Waals surface area contributed by atoms with Crippen molar-refractivity contribution in [3.05, 3.63) is 66.1 Å². The summed E-state index contributed by atoms with van der Waals surface area (Å²) in [5.41, 5.74) is 4.13. The van der Waals surface area contributed by atoms with Crippen molar-refractivity contribution in [2.75, 3.05) is 19.6 Å². The largest absolute Gasteiger partial charge is 0.361 e. The lowest BCUT2D eigenvalue weighted by Gasteiger charge is -2.32. The van der Waals surface area contributed by atoms with E-state index in [-0.39, 0.29) is 0 Å². The number of benzene rings is 1. The predicted octanol–water partition coefficient (Wildman–Crippen LogP) is 4.63. The number of nitrogens with one attached hydrogen (secondary N) is 2. The van der Waals surface area contributed by atoms with Crippen molar-refractivity contribution in [1.82, 2.24) is 20.2 Å². The maximum Gasteiger partial charge on any atom is 0.0456 e. The molecule has 2 aromatic heterocycles. The van der Waals surface area contributed by atoms with Crippen molar-refractivity contribution in [1.29, 1.82) is 0 Å². The highest BCUT2D eigenvalue weighted by molar-refractivity contribution is 5.83. The number of nitrogens with zero attached hydrogens (tertiary/aromatic N) is 2. The van der Waals surface area contributed by atoms with Gasteiger partial charge in [-0.3, -0.25) is 4.98 Å². The number of rotatable bonds is 5. The molecule has 2 aliphatic rings. The molecule has 0 unspecified atom stereocenters. The Bertz CT molecular complexity index is 895. The molecule has 2 atom stereocenters. The number of hydrogen-bond acceptors (Lipinski definition) is 3. The van der Waals surface area contributed by atoms with Gasteiger partial charge >= 0.3 is 0 Å². The number of para-hydroxylation sites is 1. The van der Waals surface area contributed by atoms with E-state index >= 15 is 0 Å². The van der Waals surface area contributed by atoms with Crippen LogP contribution in [0.25, 0.3) is 10.9 Å². The molecule has 5 rings (SSSR count). The van der Waals surface area contributed by atoms with Gasteiger partial charge in [-0.2, -0.15) is 0 Å². The Morgan fingerprint density at radius 2 is 1.89 bits per heavy atom. The Morgan fingerprint density at radius 1 is 1.00 bits per heavy atom. The summed E-state index contributed by atoms with van der Waals surface area (Å²) in [4.78, 5) is 10.4. The SMILES string of the molecule is c1cncc([C@H]2CC[C@@H](CCN3CCC(c4c[nH]c5ccccc45)CC3)N2)c1. The van der Waals surface area contributed by atoms with Gasteiger partial charge in [-0.15, -0.1) is 0 Å². The van der Waals surface area contributed by atoms with Crippen LogP contribution in [0.5, 0.6) is 0 Å². The average molecular weight is 375 g/mol. The molecule has 4 nitrogen and oxygen atoms in total. The minimum absolute atomic E-state index is 0.492. The summed E-state index contributed by atoms with van der Waals surface area (Å²) in [6.07, 6.45) is 12.4. The fourth-order valence-corrected chi connectivity index (χ4v) is 5.13. The zero-order valence-electron chi connectivity index (χ0n) is 16.5. The Labute approximate surface area is 167 Å². The van der Waals surface area contributed by atoms with Crippen molar-refractivity contribution in [2.45, 2.75) is 50.1 Å². The molecule has 0 spiro atoms. The van der Waals surface area contributed by atoms with Gasteiger partial charge in [0.2, 0.25) is 0 Å². The van der Waals surface area contributed by atoms with Crippen molar-refractivity contribution in [3.63, 3.8) is 0 Å². The molecule has 0 amide bonds. The van der Waals surface area contributed by atoms with E-state index in [0.717, 1.165) is 0 Å². The summed E-state index contributed by atoms with van der Waals surface area (Å²) in [6, 6.07) is 14.1. The minimum Gasteiger partial charge on any atom is -0.361 e. The van der Waals surface area contributed by atoms with Crippen LogP contribution in [0.2, 0.25) is 0 Å². The number of fused-ring (bicyclic) bond motifs is 1. The second-order valence-electron chi connectivity index (χ2n) is 8.47. The van der Waals surface area contributed by atoms with E-state index in [1.807, 2.05) is 18.5 Å². The van der Waals surface area contributed by atoms with E-state index in [1.54, 1.807) is 0 Å². The molecule has 3 aromatic rings. The van der Waals surface area contributed by atoms with Gasteiger partial charge < -0.3 is 15.2 Å². The van der Waals surface area contributed by atoms with Crippen LogP contribution in [0.4, 0.5) is 0 Å². The fourth-order valence-electron chi connectivity index (χ4n) is 5.13. The van der Waals surface area contributed by atoms with Crippen LogP contribution in [0.3, 0.4) is 0 Å². The molecule has 2 fully saturated rings. The predicted molar refractivity (Wildman–Crippen MR) is 114 cm³/mol. The Morgan fingerprint density at radius 3 is 2.75 bits per heavy atom. The highest BCUT2D eigenvalue weighted by atomic mass is 15.1. The zero-order chi connectivity index (χ0) is 18.8. The van der Waals surface area contributed by atoms with E-state index < -0.39 is 0 Å². The topological polar surface area (TPSA) is 44.0 Å². The molecule has 2 N–H and O–H groups in total. The average Bonchev–Trinajstić information content (AvgIpc) is 3.41. The third-order valence-electron chi connectivity index (χ3n) is 6.77. The molecule has 0 radical (unpaired) electrons. The van der Waals surface area contributed by atoms with Crippen LogP contribution in [-0.2, 0) is 0 Å². The molecule has 2 saturated heterocycles. The van der Waals surface area contributed by atoms with E-state index in [0.29, 0.717) is 18.0 Å². The summed E-state index contributed by atoms with van der Waals surface area (Å²) in [7, 11) is 0.